The number of ether oxygens (including phenoxy) is 2. The smallest absolute Gasteiger partial charge is 0.306 e. The summed E-state index contributed by atoms with van der Waals surface area (Å²) >= 11 is 0. The van der Waals surface area contributed by atoms with Crippen molar-refractivity contribution in [2.45, 2.75) is 154 Å². The Balaban J connectivity index is 4.56. The second-order valence-corrected chi connectivity index (χ2v) is 17.0. The SMILES string of the molecule is CC/C=C\C/C=C\C/C=C\C/C=C\C/C=C\C=C/C(O)CCC(=O)OC[C@H](COP(=O)([O-])OCC[N+](C)(C)C)O/C=C/CCCCCC/C=C\CCCCCCCC. The Morgan fingerprint density at radius 3 is 1.78 bits per heavy atom. The van der Waals surface area contributed by atoms with Crippen molar-refractivity contribution in [1.29, 1.82) is 0 Å². The van der Waals surface area contributed by atoms with Crippen LogP contribution in [0.5, 0.6) is 0 Å². The Hall–Kier alpha value is -2.78. The predicted octanol–water partition coefficient (Wildman–Crippen LogP) is 11.7. The molecular weight excluding hydrogens is 750 g/mol. The Labute approximate surface area is 354 Å². The molecule has 0 amide bonds. The molecule has 0 spiro atoms. The monoisotopic (exact) mass is 832 g/mol. The molecule has 0 fully saturated rings. The van der Waals surface area contributed by atoms with E-state index in [2.05, 4.69) is 74.6 Å². The second-order valence-electron chi connectivity index (χ2n) is 15.6. The van der Waals surface area contributed by atoms with Gasteiger partial charge < -0.3 is 33.0 Å². The van der Waals surface area contributed by atoms with E-state index in [1.165, 1.54) is 64.0 Å². The van der Waals surface area contributed by atoms with Crippen LogP contribution in [0.15, 0.2) is 97.4 Å². The van der Waals surface area contributed by atoms with Crippen LogP contribution in [0.25, 0.3) is 0 Å². The van der Waals surface area contributed by atoms with Gasteiger partial charge in [0.2, 0.25) is 0 Å². The zero-order valence-electron chi connectivity index (χ0n) is 37.1. The number of phosphoric acid groups is 1. The largest absolute Gasteiger partial charge is 0.756 e. The van der Waals surface area contributed by atoms with Gasteiger partial charge in [-0.2, -0.15) is 0 Å². The van der Waals surface area contributed by atoms with Gasteiger partial charge >= 0.3 is 5.97 Å². The highest BCUT2D eigenvalue weighted by Gasteiger charge is 2.19. The Morgan fingerprint density at radius 1 is 0.672 bits per heavy atom. The van der Waals surface area contributed by atoms with Crippen molar-refractivity contribution in [3.63, 3.8) is 0 Å². The minimum Gasteiger partial charge on any atom is -0.756 e. The molecule has 3 atom stereocenters. The van der Waals surface area contributed by atoms with E-state index < -0.39 is 26.0 Å². The summed E-state index contributed by atoms with van der Waals surface area (Å²) in [5, 5.41) is 10.3. The summed E-state index contributed by atoms with van der Waals surface area (Å²) in [6.07, 6.45) is 51.4. The first-order valence-electron chi connectivity index (χ1n) is 22.1. The van der Waals surface area contributed by atoms with Gasteiger partial charge in [0.25, 0.3) is 7.82 Å². The molecule has 1 N–H and O–H groups in total. The molecule has 10 heteroatoms. The average molecular weight is 832 g/mol. The molecule has 0 bridgehead atoms. The molecule has 0 aromatic heterocycles. The number of esters is 1. The molecular formula is C48H82NO8P. The van der Waals surface area contributed by atoms with Crippen LogP contribution in [0, 0.1) is 0 Å². The second kappa shape index (κ2) is 39.7. The Bertz CT molecular complexity index is 1260. The summed E-state index contributed by atoms with van der Waals surface area (Å²) in [5.41, 5.74) is 0. The van der Waals surface area contributed by atoms with Gasteiger partial charge in [0, 0.05) is 6.42 Å². The molecule has 0 saturated heterocycles. The minimum absolute atomic E-state index is 0.0102. The number of carbonyl (C=O) groups excluding carboxylic acids is 1. The first kappa shape index (κ1) is 55.2. The predicted molar refractivity (Wildman–Crippen MR) is 241 cm³/mol. The lowest BCUT2D eigenvalue weighted by molar-refractivity contribution is -0.870. The first-order chi connectivity index (χ1) is 28.0. The number of aliphatic hydroxyl groups is 1. The fraction of sp³-hybridized carbons (Fsp3) is 0.646. The lowest BCUT2D eigenvalue weighted by Crippen LogP contribution is -2.37. The molecule has 58 heavy (non-hydrogen) atoms. The minimum atomic E-state index is -4.58. The number of rotatable bonds is 39. The molecule has 0 heterocycles. The standard InChI is InChI=1S/C48H82NO8P/c1-6-8-10-12-14-16-18-20-22-24-26-28-30-32-34-36-38-46(50)39-40-48(51)55-44-47(45-57-58(52,53)56-43-41-49(3,4)5)54-42-37-35-33-31-29-27-25-23-21-19-17-15-13-11-9-7-2/h8,10,14,16,20-23,26,28,32,34,36-38,42,46-47,50H,6-7,9,11-13,15,17-19,24-25,27,29-31,33,35,39-41,43-45H2,1-5H3/b10-8-,16-14-,22-20-,23-21-,28-26-,34-32-,38-36-,42-37+/t46?,47-/m1/s1. The number of allylic oxidation sites excluding steroid dienone is 14. The van der Waals surface area contributed by atoms with Crippen molar-refractivity contribution >= 4 is 13.8 Å². The molecule has 332 valence electrons. The molecule has 0 radical (unpaired) electrons. The van der Waals surface area contributed by atoms with Crippen molar-refractivity contribution in [2.24, 2.45) is 0 Å². The highest BCUT2D eigenvalue weighted by Crippen LogP contribution is 2.38. The van der Waals surface area contributed by atoms with Crippen LogP contribution in [-0.4, -0.2) is 75.3 Å². The zero-order chi connectivity index (χ0) is 42.8. The summed E-state index contributed by atoms with van der Waals surface area (Å²) in [5.74, 6) is -0.526. The molecule has 0 rings (SSSR count). The summed E-state index contributed by atoms with van der Waals surface area (Å²) in [6, 6.07) is 0. The maximum Gasteiger partial charge on any atom is 0.306 e. The quantitative estimate of drug-likeness (QED) is 0.0124. The molecule has 0 aliphatic rings. The van der Waals surface area contributed by atoms with E-state index in [0.717, 1.165) is 57.8 Å². The van der Waals surface area contributed by atoms with E-state index in [9.17, 15) is 19.4 Å². The van der Waals surface area contributed by atoms with Crippen LogP contribution in [0.2, 0.25) is 0 Å². The fourth-order valence-corrected chi connectivity index (χ4v) is 6.01. The number of carbonyl (C=O) groups is 1. The summed E-state index contributed by atoms with van der Waals surface area (Å²) in [7, 11) is 1.22. The number of quaternary nitrogens is 1. The Morgan fingerprint density at radius 2 is 1.21 bits per heavy atom. The van der Waals surface area contributed by atoms with E-state index in [4.69, 9.17) is 18.5 Å². The van der Waals surface area contributed by atoms with Gasteiger partial charge in [-0.15, -0.1) is 0 Å². The molecule has 0 aromatic rings. The van der Waals surface area contributed by atoms with Gasteiger partial charge in [-0.25, -0.2) is 0 Å². The highest BCUT2D eigenvalue weighted by molar-refractivity contribution is 7.45. The third-order valence-electron chi connectivity index (χ3n) is 8.83. The van der Waals surface area contributed by atoms with E-state index in [1.54, 1.807) is 12.2 Å². The number of phosphoric ester groups is 1. The van der Waals surface area contributed by atoms with Crippen molar-refractivity contribution in [1.82, 2.24) is 0 Å². The van der Waals surface area contributed by atoms with E-state index in [-0.39, 0.29) is 32.7 Å². The molecule has 0 aliphatic carbocycles. The number of unbranched alkanes of at least 4 members (excludes halogenated alkanes) is 11. The van der Waals surface area contributed by atoms with E-state index in [0.29, 0.717) is 11.0 Å². The van der Waals surface area contributed by atoms with Crippen molar-refractivity contribution in [2.75, 3.05) is 47.5 Å². The third kappa shape index (κ3) is 42.8. The normalized spacial score (nSPS) is 15.2. The maximum atomic E-state index is 12.5. The van der Waals surface area contributed by atoms with Gasteiger partial charge in [0.15, 0.2) is 6.10 Å². The van der Waals surface area contributed by atoms with Crippen LogP contribution in [0.1, 0.15) is 142 Å². The van der Waals surface area contributed by atoms with Gasteiger partial charge in [-0.3, -0.25) is 9.36 Å². The lowest BCUT2D eigenvalue weighted by Gasteiger charge is -2.28. The molecule has 9 nitrogen and oxygen atoms in total. The average Bonchev–Trinajstić information content (AvgIpc) is 3.18. The van der Waals surface area contributed by atoms with Gasteiger partial charge in [-0.05, 0) is 83.1 Å². The van der Waals surface area contributed by atoms with E-state index >= 15 is 0 Å². The Kier molecular flexibility index (Phi) is 37.8. The number of hydrogen-bond acceptors (Lipinski definition) is 8. The van der Waals surface area contributed by atoms with Crippen molar-refractivity contribution in [3.8, 4) is 0 Å². The molecule has 0 saturated carbocycles. The lowest BCUT2D eigenvalue weighted by atomic mass is 10.1. The van der Waals surface area contributed by atoms with Crippen LogP contribution < -0.4 is 4.89 Å². The number of nitrogens with zero attached hydrogens (tertiary/aromatic N) is 1. The summed E-state index contributed by atoms with van der Waals surface area (Å²) < 4.78 is 34.1. The molecule has 0 aliphatic heterocycles. The summed E-state index contributed by atoms with van der Waals surface area (Å²) in [4.78, 5) is 24.9. The summed E-state index contributed by atoms with van der Waals surface area (Å²) in [6.45, 7) is 4.28. The van der Waals surface area contributed by atoms with E-state index in [1.807, 2.05) is 39.4 Å². The van der Waals surface area contributed by atoms with Gasteiger partial charge in [-0.1, -0.05) is 144 Å². The van der Waals surface area contributed by atoms with Crippen LogP contribution in [-0.2, 0) is 27.9 Å². The third-order valence-corrected chi connectivity index (χ3v) is 9.79. The number of aliphatic hydroxyl groups excluding tert-OH is 1. The van der Waals surface area contributed by atoms with Crippen molar-refractivity contribution in [3.05, 3.63) is 97.4 Å². The topological polar surface area (TPSA) is 114 Å². The molecule has 2 unspecified atom stereocenters. The van der Waals surface area contributed by atoms with Crippen molar-refractivity contribution < 1.29 is 42.4 Å². The van der Waals surface area contributed by atoms with Gasteiger partial charge in [0.05, 0.1) is 40.1 Å². The number of hydrogen-bond donors (Lipinski definition) is 1. The van der Waals surface area contributed by atoms with Crippen LogP contribution >= 0.6 is 7.82 Å². The highest BCUT2D eigenvalue weighted by atomic mass is 31.2. The maximum absolute atomic E-state index is 12.5. The van der Waals surface area contributed by atoms with Crippen LogP contribution in [0.4, 0.5) is 0 Å². The first-order valence-corrected chi connectivity index (χ1v) is 23.6. The fourth-order valence-electron chi connectivity index (χ4n) is 5.28. The zero-order valence-corrected chi connectivity index (χ0v) is 38.0. The van der Waals surface area contributed by atoms with Gasteiger partial charge in [0.1, 0.15) is 19.8 Å². The van der Waals surface area contributed by atoms with Crippen LogP contribution in [0.3, 0.4) is 0 Å². The number of likely N-dealkylation sites (N-methyl/N-ethyl adjacent to an activating group) is 1. The molecule has 0 aromatic carbocycles.